The topological polar surface area (TPSA) is 48.8 Å². The Morgan fingerprint density at radius 1 is 1.31 bits per heavy atom. The van der Waals surface area contributed by atoms with E-state index in [9.17, 15) is 0 Å². The Balaban J connectivity index is 2.93. The molecule has 3 nitrogen and oxygen atoms in total. The van der Waals surface area contributed by atoms with Crippen LogP contribution < -0.4 is 0 Å². The van der Waals surface area contributed by atoms with Gasteiger partial charge in [0.15, 0.2) is 0 Å². The van der Waals surface area contributed by atoms with Crippen LogP contribution in [-0.4, -0.2) is 5.54 Å². The molecule has 0 bridgehead atoms. The van der Waals surface area contributed by atoms with Crippen molar-refractivity contribution in [2.75, 3.05) is 0 Å². The van der Waals surface area contributed by atoms with Crippen LogP contribution in [0.25, 0.3) is 16.5 Å². The van der Waals surface area contributed by atoms with Crippen molar-refractivity contribution in [2.24, 2.45) is 11.0 Å². The molecule has 1 aromatic rings. The van der Waals surface area contributed by atoms with E-state index in [2.05, 4.69) is 10.0 Å². The summed E-state index contributed by atoms with van der Waals surface area (Å²) in [6, 6.07) is 9.99. The maximum atomic E-state index is 8.57. The van der Waals surface area contributed by atoms with Crippen LogP contribution in [0.1, 0.15) is 26.3 Å². The molecule has 1 aromatic carbocycles. The highest BCUT2D eigenvalue weighted by molar-refractivity contribution is 5.50. The summed E-state index contributed by atoms with van der Waals surface area (Å²) in [5, 5.41) is 3.86. The van der Waals surface area contributed by atoms with Crippen LogP contribution in [0.3, 0.4) is 0 Å². The van der Waals surface area contributed by atoms with Gasteiger partial charge >= 0.3 is 0 Å². The van der Waals surface area contributed by atoms with E-state index in [1.165, 1.54) is 0 Å². The summed E-state index contributed by atoms with van der Waals surface area (Å²) in [5.41, 5.74) is 9.22. The highest BCUT2D eigenvalue weighted by Crippen LogP contribution is 2.24. The monoisotopic (exact) mass is 215 g/mol. The number of nitrogens with zero attached hydrogens (tertiary/aromatic N) is 3. The Bertz CT molecular complexity index is 402. The third-order valence-corrected chi connectivity index (χ3v) is 2.84. The Morgan fingerprint density at radius 3 is 2.44 bits per heavy atom. The Kier molecular flexibility index (Phi) is 4.15. The first-order valence-corrected chi connectivity index (χ1v) is 5.39. The van der Waals surface area contributed by atoms with Crippen molar-refractivity contribution in [3.63, 3.8) is 0 Å². The average Bonchev–Trinajstić information content (AvgIpc) is 2.28. The number of hydrogen-bond acceptors (Lipinski definition) is 1. The molecule has 0 aliphatic rings. The van der Waals surface area contributed by atoms with Gasteiger partial charge < -0.3 is 0 Å². The molecule has 0 aliphatic carbocycles. The van der Waals surface area contributed by atoms with Crippen LogP contribution >= 0.6 is 0 Å². The van der Waals surface area contributed by atoms with Gasteiger partial charge in [-0.1, -0.05) is 68.4 Å². The minimum absolute atomic E-state index is 0.267. The lowest BCUT2D eigenvalue weighted by Gasteiger charge is -2.24. The number of benzene rings is 1. The normalized spacial score (nSPS) is 14.8. The average molecular weight is 215 g/mol. The second-order valence-electron chi connectivity index (χ2n) is 4.31. The zero-order valence-corrected chi connectivity index (χ0v) is 9.96. The van der Waals surface area contributed by atoms with Crippen LogP contribution in [-0.2, 0) is 0 Å². The fourth-order valence-corrected chi connectivity index (χ4v) is 1.27. The molecule has 0 spiro atoms. The fraction of sp³-hybridized carbons (Fsp3) is 0.385. The molecule has 0 saturated heterocycles. The summed E-state index contributed by atoms with van der Waals surface area (Å²) in [7, 11) is 0. The summed E-state index contributed by atoms with van der Waals surface area (Å²) >= 11 is 0. The molecule has 0 fully saturated rings. The maximum Gasteiger partial charge on any atom is 0.0666 e. The molecule has 84 valence electrons. The number of rotatable bonds is 4. The molecule has 0 aromatic heterocycles. The fourth-order valence-electron chi connectivity index (χ4n) is 1.27. The second-order valence-corrected chi connectivity index (χ2v) is 4.31. The quantitative estimate of drug-likeness (QED) is 0.405. The third-order valence-electron chi connectivity index (χ3n) is 2.84. The van der Waals surface area contributed by atoms with Crippen LogP contribution in [0, 0.1) is 5.92 Å². The molecule has 16 heavy (non-hydrogen) atoms. The highest BCUT2D eigenvalue weighted by atomic mass is 15.2. The largest absolute Gasteiger partial charge is 0.0832 e. The first-order chi connectivity index (χ1) is 7.58. The zero-order valence-electron chi connectivity index (χ0n) is 9.96. The van der Waals surface area contributed by atoms with Crippen molar-refractivity contribution in [1.29, 1.82) is 0 Å². The highest BCUT2D eigenvalue weighted by Gasteiger charge is 2.23. The Labute approximate surface area is 96.4 Å². The van der Waals surface area contributed by atoms with E-state index >= 15 is 0 Å². The molecule has 0 radical (unpaired) electrons. The standard InChI is InChI=1S/C13H17N3/c1-11(2)13(3,15-16-14)10-9-12-7-5-4-6-8-12/h4-11H,1-3H3/b10-9+. The second kappa shape index (κ2) is 5.38. The van der Waals surface area contributed by atoms with Crippen molar-refractivity contribution in [3.05, 3.63) is 52.4 Å². The molecule has 1 atom stereocenters. The van der Waals surface area contributed by atoms with Crippen LogP contribution in [0.15, 0.2) is 41.5 Å². The lowest BCUT2D eigenvalue weighted by molar-refractivity contribution is 0.420. The minimum atomic E-state index is -0.468. The van der Waals surface area contributed by atoms with Gasteiger partial charge in [-0.3, -0.25) is 0 Å². The van der Waals surface area contributed by atoms with Gasteiger partial charge in [-0.15, -0.1) is 0 Å². The molecule has 1 unspecified atom stereocenters. The summed E-state index contributed by atoms with van der Waals surface area (Å²) < 4.78 is 0. The molecule has 3 heteroatoms. The maximum absolute atomic E-state index is 8.57. The first-order valence-electron chi connectivity index (χ1n) is 5.39. The van der Waals surface area contributed by atoms with Gasteiger partial charge in [-0.05, 0) is 17.0 Å². The predicted octanol–water partition coefficient (Wildman–Crippen LogP) is 4.42. The summed E-state index contributed by atoms with van der Waals surface area (Å²) in [6.45, 7) is 6.03. The number of hydrogen-bond donors (Lipinski definition) is 0. The molecule has 0 aliphatic heterocycles. The van der Waals surface area contributed by atoms with Crippen LogP contribution in [0.2, 0.25) is 0 Å². The smallest absolute Gasteiger partial charge is 0.0666 e. The van der Waals surface area contributed by atoms with E-state index in [1.54, 1.807) is 0 Å². The predicted molar refractivity (Wildman–Crippen MR) is 67.9 cm³/mol. The van der Waals surface area contributed by atoms with Gasteiger partial charge in [0, 0.05) is 4.91 Å². The minimum Gasteiger partial charge on any atom is -0.0832 e. The first kappa shape index (κ1) is 12.3. The lowest BCUT2D eigenvalue weighted by atomic mass is 9.88. The van der Waals surface area contributed by atoms with Gasteiger partial charge in [-0.2, -0.15) is 0 Å². The molecule has 0 heterocycles. The van der Waals surface area contributed by atoms with Crippen molar-refractivity contribution < 1.29 is 0 Å². The Hall–Kier alpha value is -1.73. The number of azide groups is 1. The van der Waals surface area contributed by atoms with Crippen LogP contribution in [0.5, 0.6) is 0 Å². The van der Waals surface area contributed by atoms with Gasteiger partial charge in [-0.25, -0.2) is 0 Å². The van der Waals surface area contributed by atoms with E-state index in [4.69, 9.17) is 5.53 Å². The van der Waals surface area contributed by atoms with Gasteiger partial charge in [0.25, 0.3) is 0 Å². The van der Waals surface area contributed by atoms with Crippen molar-refractivity contribution in [2.45, 2.75) is 26.3 Å². The molecule has 0 amide bonds. The van der Waals surface area contributed by atoms with E-state index in [1.807, 2.05) is 63.3 Å². The van der Waals surface area contributed by atoms with Gasteiger partial charge in [0.05, 0.1) is 5.54 Å². The van der Waals surface area contributed by atoms with Gasteiger partial charge in [0.2, 0.25) is 0 Å². The van der Waals surface area contributed by atoms with E-state index in [0.29, 0.717) is 0 Å². The molecular formula is C13H17N3. The molecular weight excluding hydrogens is 198 g/mol. The SMILES string of the molecule is CC(C)C(C)(/C=C/c1ccccc1)N=[N+]=[N-]. The molecule has 0 N–H and O–H groups in total. The molecule has 1 rings (SSSR count). The van der Waals surface area contributed by atoms with E-state index in [0.717, 1.165) is 5.56 Å². The summed E-state index contributed by atoms with van der Waals surface area (Å²) in [4.78, 5) is 2.92. The van der Waals surface area contributed by atoms with Gasteiger partial charge in [0.1, 0.15) is 0 Å². The zero-order chi connectivity index (χ0) is 12.0. The van der Waals surface area contributed by atoms with Crippen LogP contribution in [0.4, 0.5) is 0 Å². The Morgan fingerprint density at radius 2 is 1.94 bits per heavy atom. The summed E-state index contributed by atoms with van der Waals surface area (Å²) in [6.07, 6.45) is 3.96. The summed E-state index contributed by atoms with van der Waals surface area (Å²) in [5.74, 6) is 0.267. The molecule has 0 saturated carbocycles. The van der Waals surface area contributed by atoms with Crippen molar-refractivity contribution in [3.8, 4) is 0 Å². The third kappa shape index (κ3) is 3.14. The van der Waals surface area contributed by atoms with Crippen molar-refractivity contribution in [1.82, 2.24) is 0 Å². The van der Waals surface area contributed by atoms with E-state index in [-0.39, 0.29) is 5.92 Å². The van der Waals surface area contributed by atoms with E-state index < -0.39 is 5.54 Å². The van der Waals surface area contributed by atoms with Crippen molar-refractivity contribution >= 4 is 6.08 Å². The lowest BCUT2D eigenvalue weighted by Crippen LogP contribution is -2.25.